The number of benzene rings is 1. The maximum absolute atomic E-state index is 12.8. The quantitative estimate of drug-likeness (QED) is 0.746. The van der Waals surface area contributed by atoms with Crippen molar-refractivity contribution in [2.75, 3.05) is 13.7 Å². The van der Waals surface area contributed by atoms with Crippen LogP contribution in [0.5, 0.6) is 0 Å². The van der Waals surface area contributed by atoms with Crippen molar-refractivity contribution in [3.63, 3.8) is 0 Å². The predicted octanol–water partition coefficient (Wildman–Crippen LogP) is 2.21. The molecule has 1 fully saturated rings. The van der Waals surface area contributed by atoms with Crippen molar-refractivity contribution in [2.24, 2.45) is 0 Å². The smallest absolute Gasteiger partial charge is 0.223 e. The van der Waals surface area contributed by atoms with Crippen molar-refractivity contribution in [1.82, 2.24) is 25.1 Å². The third-order valence-corrected chi connectivity index (χ3v) is 4.91. The summed E-state index contributed by atoms with van der Waals surface area (Å²) in [5.74, 6) is 0.844. The molecule has 7 heteroatoms. The highest BCUT2D eigenvalue weighted by Crippen LogP contribution is 2.32. The second-order valence-electron chi connectivity index (χ2n) is 6.43. The number of nitrogens with one attached hydrogen (secondary N) is 2. The molecule has 0 radical (unpaired) electrons. The number of nitrogens with zero attached hydrogens (tertiary/aromatic N) is 3. The molecule has 2 atom stereocenters. The van der Waals surface area contributed by atoms with E-state index in [-0.39, 0.29) is 18.1 Å². The summed E-state index contributed by atoms with van der Waals surface area (Å²) in [5.41, 5.74) is 2.28. The summed E-state index contributed by atoms with van der Waals surface area (Å²) < 4.78 is 5.46. The van der Waals surface area contributed by atoms with Gasteiger partial charge in [0.15, 0.2) is 0 Å². The Morgan fingerprint density at radius 3 is 3.12 bits per heavy atom. The van der Waals surface area contributed by atoms with E-state index in [0.717, 1.165) is 24.2 Å². The summed E-state index contributed by atoms with van der Waals surface area (Å²) in [5, 5.41) is 7.97. The van der Waals surface area contributed by atoms with Gasteiger partial charge in [-0.05, 0) is 35.6 Å². The number of fused-ring (bicyclic) bond motifs is 1. The van der Waals surface area contributed by atoms with Gasteiger partial charge in [-0.15, -0.1) is 0 Å². The first kappa shape index (κ1) is 15.8. The standard InChI is InChI=1S/C18H21N5O2/c1-25-14-9-16(18-20-11-21-22-18)23(10-14)17(24)5-3-12-2-4-15-13(8-12)6-7-19-15/h2,4,6-8,11,14,16,19H,3,5,9-10H2,1H3,(H,20,21,22)/t14-,16+/m1/s1. The molecule has 1 saturated heterocycles. The van der Waals surface area contributed by atoms with Gasteiger partial charge in [0.25, 0.3) is 0 Å². The second-order valence-corrected chi connectivity index (χ2v) is 6.43. The SMILES string of the molecule is CO[C@@H]1C[C@@H](c2ncn[nH]2)N(C(=O)CCc2ccc3[nH]ccc3c2)C1. The van der Waals surface area contributed by atoms with Gasteiger partial charge in [0.05, 0.1) is 12.1 Å². The molecule has 2 N–H and O–H groups in total. The first-order valence-corrected chi connectivity index (χ1v) is 8.48. The molecule has 1 aliphatic heterocycles. The van der Waals surface area contributed by atoms with Crippen LogP contribution in [0.3, 0.4) is 0 Å². The zero-order chi connectivity index (χ0) is 17.2. The third kappa shape index (κ3) is 3.15. The number of hydrogen-bond donors (Lipinski definition) is 2. The lowest BCUT2D eigenvalue weighted by Gasteiger charge is -2.22. The molecule has 0 spiro atoms. The Morgan fingerprint density at radius 2 is 2.32 bits per heavy atom. The van der Waals surface area contributed by atoms with E-state index in [1.807, 2.05) is 17.2 Å². The molecule has 1 amide bonds. The van der Waals surface area contributed by atoms with Gasteiger partial charge < -0.3 is 14.6 Å². The maximum atomic E-state index is 12.8. The van der Waals surface area contributed by atoms with Crippen LogP contribution in [0.1, 0.15) is 30.3 Å². The average Bonchev–Trinajstić information content (AvgIpc) is 3.38. The van der Waals surface area contributed by atoms with Crippen LogP contribution < -0.4 is 0 Å². The number of methoxy groups -OCH3 is 1. The van der Waals surface area contributed by atoms with Gasteiger partial charge in [0.1, 0.15) is 12.2 Å². The molecule has 2 aromatic heterocycles. The normalized spacial score (nSPS) is 20.4. The third-order valence-electron chi connectivity index (χ3n) is 4.91. The number of amides is 1. The molecule has 3 aromatic rings. The zero-order valence-electron chi connectivity index (χ0n) is 14.1. The second kappa shape index (κ2) is 6.68. The highest BCUT2D eigenvalue weighted by atomic mass is 16.5. The number of carbonyl (C=O) groups is 1. The molecular formula is C18H21N5O2. The fourth-order valence-electron chi connectivity index (χ4n) is 3.53. The average molecular weight is 339 g/mol. The zero-order valence-corrected chi connectivity index (χ0v) is 14.1. The molecule has 1 aromatic carbocycles. The number of aromatic amines is 2. The minimum Gasteiger partial charge on any atom is -0.380 e. The summed E-state index contributed by atoms with van der Waals surface area (Å²) in [6.45, 7) is 0.595. The molecule has 3 heterocycles. The largest absolute Gasteiger partial charge is 0.380 e. The molecular weight excluding hydrogens is 318 g/mol. The molecule has 0 unspecified atom stereocenters. The highest BCUT2D eigenvalue weighted by Gasteiger charge is 2.37. The predicted molar refractivity (Wildman–Crippen MR) is 92.9 cm³/mol. The number of hydrogen-bond acceptors (Lipinski definition) is 4. The van der Waals surface area contributed by atoms with Crippen molar-refractivity contribution in [3.05, 3.63) is 48.2 Å². The number of aromatic nitrogens is 4. The number of likely N-dealkylation sites (tertiary alicyclic amines) is 1. The number of H-pyrrole nitrogens is 2. The number of ether oxygens (including phenoxy) is 1. The monoisotopic (exact) mass is 339 g/mol. The summed E-state index contributed by atoms with van der Waals surface area (Å²) in [6, 6.07) is 8.22. The van der Waals surface area contributed by atoms with Crippen LogP contribution in [0.15, 0.2) is 36.8 Å². The summed E-state index contributed by atoms with van der Waals surface area (Å²) in [6.07, 6.45) is 5.37. The van der Waals surface area contributed by atoms with Gasteiger partial charge in [-0.25, -0.2) is 4.98 Å². The van der Waals surface area contributed by atoms with E-state index in [1.165, 1.54) is 17.3 Å². The van der Waals surface area contributed by atoms with Crippen molar-refractivity contribution < 1.29 is 9.53 Å². The summed E-state index contributed by atoms with van der Waals surface area (Å²) >= 11 is 0. The van der Waals surface area contributed by atoms with E-state index in [0.29, 0.717) is 13.0 Å². The van der Waals surface area contributed by atoms with Crippen molar-refractivity contribution in [1.29, 1.82) is 0 Å². The van der Waals surface area contributed by atoms with Crippen LogP contribution in [-0.4, -0.2) is 50.7 Å². The number of carbonyl (C=O) groups excluding carboxylic acids is 1. The maximum Gasteiger partial charge on any atom is 0.223 e. The van der Waals surface area contributed by atoms with E-state index in [1.54, 1.807) is 7.11 Å². The van der Waals surface area contributed by atoms with Gasteiger partial charge >= 0.3 is 0 Å². The van der Waals surface area contributed by atoms with Crippen LogP contribution in [0.25, 0.3) is 10.9 Å². The van der Waals surface area contributed by atoms with Gasteiger partial charge in [-0.2, -0.15) is 5.10 Å². The minimum absolute atomic E-state index is 0.0373. The van der Waals surface area contributed by atoms with Crippen molar-refractivity contribution >= 4 is 16.8 Å². The molecule has 0 saturated carbocycles. The van der Waals surface area contributed by atoms with Crippen molar-refractivity contribution in [3.8, 4) is 0 Å². The van der Waals surface area contributed by atoms with Gasteiger partial charge in [0, 0.05) is 38.2 Å². The molecule has 0 bridgehead atoms. The topological polar surface area (TPSA) is 86.9 Å². The van der Waals surface area contributed by atoms with E-state index in [9.17, 15) is 4.79 Å². The molecule has 4 rings (SSSR count). The molecule has 0 aliphatic carbocycles. The first-order chi connectivity index (χ1) is 12.2. The van der Waals surface area contributed by atoms with Gasteiger partial charge in [0.2, 0.25) is 5.91 Å². The van der Waals surface area contributed by atoms with Gasteiger partial charge in [-0.1, -0.05) is 6.07 Å². The van der Waals surface area contributed by atoms with Crippen LogP contribution in [0.2, 0.25) is 0 Å². The molecule has 130 valence electrons. The number of aryl methyl sites for hydroxylation is 1. The number of rotatable bonds is 5. The lowest BCUT2D eigenvalue weighted by atomic mass is 10.1. The molecule has 25 heavy (non-hydrogen) atoms. The highest BCUT2D eigenvalue weighted by molar-refractivity contribution is 5.80. The fraction of sp³-hybridized carbons (Fsp3) is 0.389. The van der Waals surface area contributed by atoms with Crippen LogP contribution in [0, 0.1) is 0 Å². The Hall–Kier alpha value is -2.67. The van der Waals surface area contributed by atoms with E-state index in [4.69, 9.17) is 4.74 Å². The molecule has 1 aliphatic rings. The Morgan fingerprint density at radius 1 is 1.40 bits per heavy atom. The van der Waals surface area contributed by atoms with Crippen LogP contribution in [0.4, 0.5) is 0 Å². The Kier molecular flexibility index (Phi) is 4.23. The summed E-state index contributed by atoms with van der Waals surface area (Å²) in [4.78, 5) is 22.1. The fourth-order valence-corrected chi connectivity index (χ4v) is 3.53. The Bertz CT molecular complexity index is 857. The van der Waals surface area contributed by atoms with E-state index in [2.05, 4.69) is 38.4 Å². The minimum atomic E-state index is -0.0906. The summed E-state index contributed by atoms with van der Waals surface area (Å²) in [7, 11) is 1.68. The van der Waals surface area contributed by atoms with E-state index < -0.39 is 0 Å². The Labute approximate surface area is 145 Å². The van der Waals surface area contributed by atoms with Crippen molar-refractivity contribution in [2.45, 2.75) is 31.4 Å². The lowest BCUT2D eigenvalue weighted by Crippen LogP contribution is -2.32. The lowest BCUT2D eigenvalue weighted by molar-refractivity contribution is -0.132. The van der Waals surface area contributed by atoms with E-state index >= 15 is 0 Å². The Balaban J connectivity index is 1.45. The van der Waals surface area contributed by atoms with Crippen LogP contribution >= 0.6 is 0 Å². The first-order valence-electron chi connectivity index (χ1n) is 8.48. The van der Waals surface area contributed by atoms with Gasteiger partial charge in [-0.3, -0.25) is 9.89 Å². The molecule has 7 nitrogen and oxygen atoms in total. The van der Waals surface area contributed by atoms with Crippen LogP contribution in [-0.2, 0) is 16.0 Å².